The molecule has 6 nitrogen and oxygen atoms in total. The molecule has 0 saturated heterocycles. The molecule has 8 heteroatoms. The minimum atomic E-state index is -1.01. The third-order valence-electron chi connectivity index (χ3n) is 2.16. The van der Waals surface area contributed by atoms with Crippen LogP contribution in [-0.2, 0) is 0 Å². The van der Waals surface area contributed by atoms with Crippen LogP contribution in [0.25, 0.3) is 0 Å². The van der Waals surface area contributed by atoms with Crippen molar-refractivity contribution in [2.45, 2.75) is 23.2 Å². The smallest absolute Gasteiger partial charge is 0.338 e. The SMILES string of the molecule is Cc1nnc(Sc2ncns2)c(C(=O)O)c1C. The van der Waals surface area contributed by atoms with Crippen molar-refractivity contribution in [1.29, 1.82) is 0 Å². The normalized spacial score (nSPS) is 10.5. The topological polar surface area (TPSA) is 88.9 Å². The van der Waals surface area contributed by atoms with Gasteiger partial charge in [0.25, 0.3) is 0 Å². The molecule has 2 rings (SSSR count). The molecule has 0 aliphatic carbocycles. The fourth-order valence-electron chi connectivity index (χ4n) is 1.20. The van der Waals surface area contributed by atoms with Crippen LogP contribution in [0.15, 0.2) is 15.7 Å². The van der Waals surface area contributed by atoms with Gasteiger partial charge in [0.15, 0.2) is 4.34 Å². The van der Waals surface area contributed by atoms with Crippen molar-refractivity contribution in [3.63, 3.8) is 0 Å². The highest BCUT2D eigenvalue weighted by molar-refractivity contribution is 8.01. The summed E-state index contributed by atoms with van der Waals surface area (Å²) in [7, 11) is 0. The molecular weight excluding hydrogens is 260 g/mol. The minimum Gasteiger partial charge on any atom is -0.478 e. The minimum absolute atomic E-state index is 0.178. The molecule has 0 bridgehead atoms. The zero-order valence-electron chi connectivity index (χ0n) is 9.04. The van der Waals surface area contributed by atoms with Gasteiger partial charge in [-0.15, -0.1) is 5.10 Å². The molecule has 0 amide bonds. The Morgan fingerprint density at radius 3 is 2.76 bits per heavy atom. The van der Waals surface area contributed by atoms with E-state index in [1.165, 1.54) is 17.9 Å². The standard InChI is InChI=1S/C9H8N4O2S2/c1-4-5(2)12-13-7(6(4)8(14)15)16-9-10-3-11-17-9/h3H,1-2H3,(H,14,15). The second-order valence-electron chi connectivity index (χ2n) is 3.20. The molecule has 88 valence electrons. The first-order valence-electron chi connectivity index (χ1n) is 4.61. The van der Waals surface area contributed by atoms with Crippen LogP contribution in [-0.4, -0.2) is 30.6 Å². The Morgan fingerprint density at radius 2 is 2.18 bits per heavy atom. The first-order chi connectivity index (χ1) is 8.09. The van der Waals surface area contributed by atoms with E-state index in [2.05, 4.69) is 19.6 Å². The molecule has 0 unspecified atom stereocenters. The Morgan fingerprint density at radius 1 is 1.41 bits per heavy atom. The van der Waals surface area contributed by atoms with Crippen LogP contribution in [0.5, 0.6) is 0 Å². The number of aryl methyl sites for hydroxylation is 1. The lowest BCUT2D eigenvalue weighted by Gasteiger charge is -2.06. The summed E-state index contributed by atoms with van der Waals surface area (Å²) in [6, 6.07) is 0. The summed E-state index contributed by atoms with van der Waals surface area (Å²) in [5.41, 5.74) is 1.42. The molecule has 0 radical (unpaired) electrons. The highest BCUT2D eigenvalue weighted by Crippen LogP contribution is 2.30. The number of aromatic nitrogens is 4. The summed E-state index contributed by atoms with van der Waals surface area (Å²) in [6.45, 7) is 3.45. The van der Waals surface area contributed by atoms with Gasteiger partial charge in [-0.05, 0) is 42.7 Å². The molecule has 1 N–H and O–H groups in total. The van der Waals surface area contributed by atoms with Crippen molar-refractivity contribution in [2.24, 2.45) is 0 Å². The Balaban J connectivity index is 2.47. The summed E-state index contributed by atoms with van der Waals surface area (Å²) in [5, 5.41) is 17.4. The second-order valence-corrected chi connectivity index (χ2v) is 5.22. The summed E-state index contributed by atoms with van der Waals surface area (Å²) in [4.78, 5) is 15.2. The number of rotatable bonds is 3. The predicted molar refractivity (Wildman–Crippen MR) is 62.5 cm³/mol. The van der Waals surface area contributed by atoms with Gasteiger partial charge in [-0.2, -0.15) is 9.47 Å². The van der Waals surface area contributed by atoms with E-state index < -0.39 is 5.97 Å². The van der Waals surface area contributed by atoms with E-state index in [1.54, 1.807) is 13.8 Å². The van der Waals surface area contributed by atoms with Gasteiger partial charge in [-0.1, -0.05) is 0 Å². The van der Waals surface area contributed by atoms with E-state index in [0.29, 0.717) is 20.6 Å². The number of hydrogen-bond donors (Lipinski definition) is 1. The lowest BCUT2D eigenvalue weighted by molar-refractivity contribution is 0.0690. The van der Waals surface area contributed by atoms with E-state index in [4.69, 9.17) is 0 Å². The monoisotopic (exact) mass is 268 g/mol. The van der Waals surface area contributed by atoms with Gasteiger partial charge in [-0.25, -0.2) is 9.78 Å². The highest BCUT2D eigenvalue weighted by atomic mass is 32.2. The zero-order chi connectivity index (χ0) is 12.4. The highest BCUT2D eigenvalue weighted by Gasteiger charge is 2.19. The molecular formula is C9H8N4O2S2. The van der Waals surface area contributed by atoms with Crippen LogP contribution in [0, 0.1) is 13.8 Å². The molecule has 2 heterocycles. The van der Waals surface area contributed by atoms with Crippen LogP contribution in [0.4, 0.5) is 0 Å². The number of carboxylic acid groups (broad SMARTS) is 1. The van der Waals surface area contributed by atoms with Gasteiger partial charge in [0, 0.05) is 0 Å². The van der Waals surface area contributed by atoms with Gasteiger partial charge < -0.3 is 5.11 Å². The van der Waals surface area contributed by atoms with Crippen LogP contribution in [0.3, 0.4) is 0 Å². The summed E-state index contributed by atoms with van der Waals surface area (Å²) < 4.78 is 4.49. The van der Waals surface area contributed by atoms with Crippen molar-refractivity contribution in [3.05, 3.63) is 23.1 Å². The van der Waals surface area contributed by atoms with Crippen molar-refractivity contribution in [3.8, 4) is 0 Å². The van der Waals surface area contributed by atoms with E-state index in [0.717, 1.165) is 11.8 Å². The Bertz CT molecular complexity index is 556. The number of nitrogens with zero attached hydrogens (tertiary/aromatic N) is 4. The van der Waals surface area contributed by atoms with Crippen molar-refractivity contribution in [2.75, 3.05) is 0 Å². The van der Waals surface area contributed by atoms with Gasteiger partial charge >= 0.3 is 5.97 Å². The van der Waals surface area contributed by atoms with E-state index in [1.807, 2.05) is 0 Å². The Labute approximate surface area is 105 Å². The van der Waals surface area contributed by atoms with Gasteiger partial charge in [0.05, 0.1) is 11.3 Å². The van der Waals surface area contributed by atoms with Crippen LogP contribution < -0.4 is 0 Å². The zero-order valence-corrected chi connectivity index (χ0v) is 10.7. The quantitative estimate of drug-likeness (QED) is 0.907. The van der Waals surface area contributed by atoms with Crippen LogP contribution in [0.2, 0.25) is 0 Å². The van der Waals surface area contributed by atoms with E-state index >= 15 is 0 Å². The summed E-state index contributed by atoms with van der Waals surface area (Å²) in [6.07, 6.45) is 1.42. The first kappa shape index (κ1) is 11.9. The number of carbonyl (C=O) groups is 1. The Hall–Kier alpha value is -1.54. The van der Waals surface area contributed by atoms with Crippen molar-refractivity contribution >= 4 is 29.3 Å². The number of aromatic carboxylic acids is 1. The van der Waals surface area contributed by atoms with Crippen molar-refractivity contribution < 1.29 is 9.90 Å². The average molecular weight is 268 g/mol. The predicted octanol–water partition coefficient (Wildman–Crippen LogP) is 1.79. The second kappa shape index (κ2) is 4.76. The molecule has 0 saturated carbocycles. The maximum atomic E-state index is 11.2. The molecule has 0 spiro atoms. The fourth-order valence-corrected chi connectivity index (χ4v) is 2.68. The molecule has 0 aromatic carbocycles. The summed E-state index contributed by atoms with van der Waals surface area (Å²) >= 11 is 2.35. The molecule has 17 heavy (non-hydrogen) atoms. The van der Waals surface area contributed by atoms with E-state index in [-0.39, 0.29) is 5.56 Å². The third kappa shape index (κ3) is 2.42. The maximum Gasteiger partial charge on any atom is 0.338 e. The lowest BCUT2D eigenvalue weighted by Crippen LogP contribution is -2.07. The summed E-state index contributed by atoms with van der Waals surface area (Å²) in [5.74, 6) is -1.01. The average Bonchev–Trinajstić information content (AvgIpc) is 2.76. The van der Waals surface area contributed by atoms with Gasteiger partial charge in [0.2, 0.25) is 0 Å². The maximum absolute atomic E-state index is 11.2. The molecule has 0 aliphatic rings. The molecule has 0 fully saturated rings. The lowest BCUT2D eigenvalue weighted by atomic mass is 10.1. The number of carboxylic acids is 1. The van der Waals surface area contributed by atoms with Gasteiger partial charge in [-0.3, -0.25) is 0 Å². The molecule has 2 aromatic heterocycles. The van der Waals surface area contributed by atoms with Gasteiger partial charge in [0.1, 0.15) is 11.4 Å². The van der Waals surface area contributed by atoms with Crippen molar-refractivity contribution in [1.82, 2.24) is 19.6 Å². The Kier molecular flexibility index (Phi) is 3.34. The van der Waals surface area contributed by atoms with E-state index in [9.17, 15) is 9.90 Å². The largest absolute Gasteiger partial charge is 0.478 e. The molecule has 2 aromatic rings. The number of hydrogen-bond acceptors (Lipinski definition) is 7. The fraction of sp³-hybridized carbons (Fsp3) is 0.222. The third-order valence-corrected chi connectivity index (χ3v) is 3.86. The van der Waals surface area contributed by atoms with Crippen LogP contribution in [0.1, 0.15) is 21.6 Å². The molecule has 0 aliphatic heterocycles. The van der Waals surface area contributed by atoms with Crippen LogP contribution >= 0.6 is 23.3 Å². The first-order valence-corrected chi connectivity index (χ1v) is 6.20. The molecule has 0 atom stereocenters.